The molecule has 5 heteroatoms. The van der Waals surface area contributed by atoms with Crippen LogP contribution in [0.5, 0.6) is 0 Å². The Morgan fingerprint density at radius 1 is 0.500 bits per heavy atom. The number of aromatic nitrogens is 2. The van der Waals surface area contributed by atoms with E-state index in [9.17, 15) is 0 Å². The topological polar surface area (TPSA) is 34.9 Å². The van der Waals surface area contributed by atoms with Gasteiger partial charge in [-0.3, -0.25) is 4.98 Å². The van der Waals surface area contributed by atoms with Crippen LogP contribution in [0.25, 0.3) is 58.9 Å². The Balaban J connectivity index is 1.22. The zero-order valence-electron chi connectivity index (χ0n) is 24.7. The molecule has 0 saturated carbocycles. The quantitative estimate of drug-likeness (QED) is 0.178. The van der Waals surface area contributed by atoms with Gasteiger partial charge in [0, 0.05) is 53.4 Å². The Morgan fingerprint density at radius 2 is 1.09 bits per heavy atom. The molecule has 0 amide bonds. The molecule has 0 radical (unpaired) electrons. The molecule has 9 rings (SSSR count). The Hall–Kier alpha value is -5.28. The van der Waals surface area contributed by atoms with Gasteiger partial charge in [-0.2, -0.15) is 0 Å². The highest BCUT2D eigenvalue weighted by atomic mass is 32.1. The van der Waals surface area contributed by atoms with Gasteiger partial charge in [0.2, 0.25) is 0 Å². The van der Waals surface area contributed by atoms with Gasteiger partial charge in [-0.15, -0.1) is 11.3 Å². The van der Waals surface area contributed by atoms with Crippen molar-refractivity contribution in [1.29, 1.82) is 0 Å². The minimum atomic E-state index is -3.08. The molecule has 0 spiro atoms. The van der Waals surface area contributed by atoms with Gasteiger partial charge in [0.15, 0.2) is 7.14 Å². The first-order valence-corrected chi connectivity index (χ1v) is 17.8. The van der Waals surface area contributed by atoms with E-state index in [1.54, 1.807) is 11.3 Å². The lowest BCUT2D eigenvalue weighted by Crippen LogP contribution is -2.24. The van der Waals surface area contributed by atoms with Crippen molar-refractivity contribution < 1.29 is 4.57 Å². The zero-order chi connectivity index (χ0) is 30.7. The summed E-state index contributed by atoms with van der Waals surface area (Å²) in [5, 5.41) is 5.98. The maximum absolute atomic E-state index is 15.1. The Kier molecular flexibility index (Phi) is 6.28. The summed E-state index contributed by atoms with van der Waals surface area (Å²) in [5.41, 5.74) is 6.62. The molecule has 0 aliphatic heterocycles. The maximum atomic E-state index is 15.1. The second-order valence-electron chi connectivity index (χ2n) is 11.5. The van der Waals surface area contributed by atoms with Crippen LogP contribution in [-0.4, -0.2) is 9.55 Å². The Morgan fingerprint density at radius 3 is 1.78 bits per heavy atom. The van der Waals surface area contributed by atoms with Crippen LogP contribution in [0.2, 0.25) is 0 Å². The Bertz CT molecular complexity index is 2560. The Labute approximate surface area is 270 Å². The molecule has 9 aromatic rings. The molecule has 0 bridgehead atoms. The highest BCUT2D eigenvalue weighted by Crippen LogP contribution is 2.45. The molecule has 0 aliphatic rings. The standard InChI is InChI=1S/C41H27N2OPS/c44-45(31-13-6-2-7-14-31,32-15-8-3-9-16-32)33-20-23-40-35(27-33)34-25-29(19-22-39(34)46-40)28-18-21-37-36(26-28)41-38(17-10-24-42-41)43(37)30-11-4-1-5-12-30/h1-27H. The van der Waals surface area contributed by atoms with E-state index in [-0.39, 0.29) is 0 Å². The molecule has 0 aliphatic carbocycles. The highest BCUT2D eigenvalue weighted by Gasteiger charge is 2.30. The monoisotopic (exact) mass is 626 g/mol. The summed E-state index contributed by atoms with van der Waals surface area (Å²) in [5.74, 6) is 0. The number of nitrogens with zero attached hydrogens (tertiary/aromatic N) is 2. The number of thiophene rings is 1. The number of rotatable bonds is 5. The van der Waals surface area contributed by atoms with E-state index < -0.39 is 7.14 Å². The lowest BCUT2D eigenvalue weighted by molar-refractivity contribution is 0.592. The highest BCUT2D eigenvalue weighted by molar-refractivity contribution is 7.85. The van der Waals surface area contributed by atoms with Crippen molar-refractivity contribution in [3.05, 3.63) is 164 Å². The van der Waals surface area contributed by atoms with E-state index in [0.29, 0.717) is 0 Å². The summed E-state index contributed by atoms with van der Waals surface area (Å²) >= 11 is 1.78. The molecule has 3 heterocycles. The number of pyridine rings is 1. The van der Waals surface area contributed by atoms with Crippen molar-refractivity contribution in [2.24, 2.45) is 0 Å². The summed E-state index contributed by atoms with van der Waals surface area (Å²) in [6.45, 7) is 0. The van der Waals surface area contributed by atoms with Crippen LogP contribution < -0.4 is 15.9 Å². The SMILES string of the molecule is O=P(c1ccccc1)(c1ccccc1)c1ccc2sc3ccc(-c4ccc5c(c4)c4ncccc4n5-c4ccccc4)cc3c2c1. The van der Waals surface area contributed by atoms with Gasteiger partial charge in [-0.1, -0.05) is 91.0 Å². The first kappa shape index (κ1) is 27.1. The van der Waals surface area contributed by atoms with Crippen molar-refractivity contribution in [2.75, 3.05) is 0 Å². The third-order valence-corrected chi connectivity index (χ3v) is 13.1. The maximum Gasteiger partial charge on any atom is 0.171 e. The summed E-state index contributed by atoms with van der Waals surface area (Å²) in [4.78, 5) is 4.81. The number of hydrogen-bond donors (Lipinski definition) is 0. The third kappa shape index (κ3) is 4.19. The van der Waals surface area contributed by atoms with Crippen molar-refractivity contribution in [2.45, 2.75) is 0 Å². The second kappa shape index (κ2) is 10.7. The molecule has 0 fully saturated rings. The molecule has 0 unspecified atom stereocenters. The average Bonchev–Trinajstić information content (AvgIpc) is 3.67. The summed E-state index contributed by atoms with van der Waals surface area (Å²) in [7, 11) is -3.08. The van der Waals surface area contributed by atoms with Crippen molar-refractivity contribution >= 4 is 76.5 Å². The number of benzene rings is 6. The van der Waals surface area contributed by atoms with E-state index >= 15 is 4.57 Å². The fourth-order valence-corrected chi connectivity index (χ4v) is 10.5. The van der Waals surface area contributed by atoms with Crippen LogP contribution in [0.4, 0.5) is 0 Å². The molecule has 0 atom stereocenters. The number of hydrogen-bond acceptors (Lipinski definition) is 3. The van der Waals surface area contributed by atoms with Crippen LogP contribution in [-0.2, 0) is 4.57 Å². The number of para-hydroxylation sites is 1. The van der Waals surface area contributed by atoms with E-state index in [1.807, 2.05) is 79.0 Å². The van der Waals surface area contributed by atoms with Gasteiger partial charge in [0.1, 0.15) is 0 Å². The van der Waals surface area contributed by atoms with Gasteiger partial charge in [0.25, 0.3) is 0 Å². The smallest absolute Gasteiger partial charge is 0.171 e. The molecular formula is C41H27N2OPS. The van der Waals surface area contributed by atoms with Crippen LogP contribution in [0.1, 0.15) is 0 Å². The fourth-order valence-electron chi connectivity index (χ4n) is 6.73. The fraction of sp³-hybridized carbons (Fsp3) is 0. The third-order valence-electron chi connectivity index (χ3n) is 8.92. The lowest BCUT2D eigenvalue weighted by Gasteiger charge is -2.20. The molecular weight excluding hydrogens is 600 g/mol. The van der Waals surface area contributed by atoms with Crippen molar-refractivity contribution in [3.8, 4) is 16.8 Å². The van der Waals surface area contributed by atoms with Crippen LogP contribution in [0.3, 0.4) is 0 Å². The van der Waals surface area contributed by atoms with Crippen LogP contribution in [0.15, 0.2) is 164 Å². The van der Waals surface area contributed by atoms with Crippen molar-refractivity contribution in [3.63, 3.8) is 0 Å². The number of fused-ring (bicyclic) bond motifs is 6. The molecule has 0 N–H and O–H groups in total. The van der Waals surface area contributed by atoms with E-state index in [1.165, 1.54) is 14.8 Å². The summed E-state index contributed by atoms with van der Waals surface area (Å²) in [6, 6.07) is 54.2. The average molecular weight is 627 g/mol. The molecule has 6 aromatic carbocycles. The van der Waals surface area contributed by atoms with E-state index in [0.717, 1.165) is 60.1 Å². The van der Waals surface area contributed by atoms with E-state index in [4.69, 9.17) is 4.98 Å². The first-order valence-electron chi connectivity index (χ1n) is 15.3. The first-order chi connectivity index (χ1) is 22.7. The minimum Gasteiger partial charge on any atom is -0.309 e. The second-order valence-corrected chi connectivity index (χ2v) is 15.4. The summed E-state index contributed by atoms with van der Waals surface area (Å²) in [6.07, 6.45) is 1.87. The largest absolute Gasteiger partial charge is 0.309 e. The molecule has 218 valence electrons. The van der Waals surface area contributed by atoms with Crippen LogP contribution >= 0.6 is 18.5 Å². The molecule has 0 saturated heterocycles. The predicted octanol–water partition coefficient (Wildman–Crippen LogP) is 9.85. The molecule has 3 nitrogen and oxygen atoms in total. The van der Waals surface area contributed by atoms with Gasteiger partial charge in [-0.25, -0.2) is 0 Å². The van der Waals surface area contributed by atoms with Crippen molar-refractivity contribution in [1.82, 2.24) is 9.55 Å². The normalized spacial score (nSPS) is 12.0. The van der Waals surface area contributed by atoms with Gasteiger partial charge >= 0.3 is 0 Å². The summed E-state index contributed by atoms with van der Waals surface area (Å²) < 4.78 is 19.8. The van der Waals surface area contributed by atoms with Gasteiger partial charge in [0.05, 0.1) is 16.6 Å². The van der Waals surface area contributed by atoms with Gasteiger partial charge in [-0.05, 0) is 77.9 Å². The molecule has 3 aromatic heterocycles. The van der Waals surface area contributed by atoms with Gasteiger partial charge < -0.3 is 9.13 Å². The lowest BCUT2D eigenvalue weighted by atomic mass is 10.0. The predicted molar refractivity (Wildman–Crippen MR) is 196 cm³/mol. The molecule has 46 heavy (non-hydrogen) atoms. The minimum absolute atomic E-state index is 0.845. The zero-order valence-corrected chi connectivity index (χ0v) is 26.5. The van der Waals surface area contributed by atoms with Crippen LogP contribution in [0, 0.1) is 0 Å². The van der Waals surface area contributed by atoms with E-state index in [2.05, 4.69) is 89.5 Å².